The van der Waals surface area contributed by atoms with Crippen LogP contribution in [0.5, 0.6) is 0 Å². The molecule has 0 atom stereocenters. The Morgan fingerprint density at radius 2 is 1.75 bits per heavy atom. The highest BCUT2D eigenvalue weighted by molar-refractivity contribution is 14.0. The summed E-state index contributed by atoms with van der Waals surface area (Å²) in [6.07, 6.45) is 3.98. The van der Waals surface area contributed by atoms with E-state index in [9.17, 15) is 4.39 Å². The molecule has 0 bridgehead atoms. The van der Waals surface area contributed by atoms with Crippen LogP contribution in [0, 0.1) is 5.82 Å². The first-order valence-electron chi connectivity index (χ1n) is 8.95. The van der Waals surface area contributed by atoms with Gasteiger partial charge >= 0.3 is 0 Å². The molecular formula is C20H24FIN6. The maximum absolute atomic E-state index is 13.0. The van der Waals surface area contributed by atoms with E-state index in [2.05, 4.69) is 25.7 Å². The van der Waals surface area contributed by atoms with Gasteiger partial charge in [-0.3, -0.25) is 0 Å². The third-order valence-corrected chi connectivity index (χ3v) is 4.00. The first-order chi connectivity index (χ1) is 13.2. The number of aromatic nitrogens is 3. The summed E-state index contributed by atoms with van der Waals surface area (Å²) in [6.45, 7) is 4.12. The van der Waals surface area contributed by atoms with E-state index < -0.39 is 0 Å². The molecule has 0 amide bonds. The number of nitrogens with one attached hydrogen (secondary N) is 2. The second-order valence-electron chi connectivity index (χ2n) is 6.00. The van der Waals surface area contributed by atoms with Crippen molar-refractivity contribution in [2.75, 3.05) is 13.1 Å². The lowest BCUT2D eigenvalue weighted by molar-refractivity contribution is 0.626. The molecule has 28 heavy (non-hydrogen) atoms. The topological polar surface area (TPSA) is 67.1 Å². The molecule has 0 radical (unpaired) electrons. The zero-order valence-corrected chi connectivity index (χ0v) is 18.0. The van der Waals surface area contributed by atoms with Gasteiger partial charge in [-0.25, -0.2) is 19.0 Å². The first kappa shape index (κ1) is 21.8. The van der Waals surface area contributed by atoms with E-state index in [0.29, 0.717) is 6.54 Å². The van der Waals surface area contributed by atoms with Crippen molar-refractivity contribution in [3.63, 3.8) is 0 Å². The molecule has 2 aromatic carbocycles. The summed E-state index contributed by atoms with van der Waals surface area (Å²) in [5, 5.41) is 10.7. The Morgan fingerprint density at radius 3 is 2.39 bits per heavy atom. The molecule has 0 aliphatic rings. The summed E-state index contributed by atoms with van der Waals surface area (Å²) in [5.41, 5.74) is 3.16. The minimum Gasteiger partial charge on any atom is -0.357 e. The zero-order chi connectivity index (χ0) is 18.9. The van der Waals surface area contributed by atoms with Crippen LogP contribution in [0.15, 0.2) is 66.2 Å². The summed E-state index contributed by atoms with van der Waals surface area (Å²) < 4.78 is 14.7. The fourth-order valence-corrected chi connectivity index (χ4v) is 2.58. The van der Waals surface area contributed by atoms with Crippen molar-refractivity contribution in [3.8, 4) is 5.69 Å². The summed E-state index contributed by atoms with van der Waals surface area (Å²) in [6, 6.07) is 14.6. The molecule has 1 heterocycles. The Hall–Kier alpha value is -2.49. The van der Waals surface area contributed by atoms with Crippen molar-refractivity contribution in [1.82, 2.24) is 25.4 Å². The summed E-state index contributed by atoms with van der Waals surface area (Å²) in [4.78, 5) is 8.57. The fraction of sp³-hybridized carbons (Fsp3) is 0.250. The van der Waals surface area contributed by atoms with Gasteiger partial charge in [0.25, 0.3) is 0 Å². The third-order valence-electron chi connectivity index (χ3n) is 4.00. The quantitative estimate of drug-likeness (QED) is 0.301. The molecule has 0 aliphatic heterocycles. The Kier molecular flexibility index (Phi) is 8.86. The van der Waals surface area contributed by atoms with E-state index >= 15 is 0 Å². The third kappa shape index (κ3) is 6.59. The van der Waals surface area contributed by atoms with Gasteiger partial charge in [0.1, 0.15) is 18.5 Å². The van der Waals surface area contributed by atoms with Crippen LogP contribution in [0.1, 0.15) is 18.1 Å². The van der Waals surface area contributed by atoms with E-state index in [1.165, 1.54) is 18.5 Å². The van der Waals surface area contributed by atoms with Crippen LogP contribution in [-0.4, -0.2) is 33.8 Å². The van der Waals surface area contributed by atoms with E-state index in [1.54, 1.807) is 23.1 Å². The van der Waals surface area contributed by atoms with Crippen LogP contribution in [0.3, 0.4) is 0 Å². The van der Waals surface area contributed by atoms with Crippen LogP contribution >= 0.6 is 24.0 Å². The maximum Gasteiger partial charge on any atom is 0.191 e. The van der Waals surface area contributed by atoms with Crippen molar-refractivity contribution < 1.29 is 4.39 Å². The summed E-state index contributed by atoms with van der Waals surface area (Å²) in [5.74, 6) is 0.552. The van der Waals surface area contributed by atoms with Crippen LogP contribution < -0.4 is 10.6 Å². The largest absolute Gasteiger partial charge is 0.357 e. The number of benzene rings is 2. The van der Waals surface area contributed by atoms with Crippen molar-refractivity contribution >= 4 is 29.9 Å². The number of halogens is 2. The molecule has 6 nitrogen and oxygen atoms in total. The van der Waals surface area contributed by atoms with Gasteiger partial charge < -0.3 is 10.6 Å². The van der Waals surface area contributed by atoms with Crippen LogP contribution in [-0.2, 0) is 13.0 Å². The minimum absolute atomic E-state index is 0. The molecule has 3 aromatic rings. The molecule has 0 spiro atoms. The van der Waals surface area contributed by atoms with Crippen LogP contribution in [0.2, 0.25) is 0 Å². The van der Waals surface area contributed by atoms with Gasteiger partial charge in [0, 0.05) is 13.1 Å². The van der Waals surface area contributed by atoms with E-state index in [4.69, 9.17) is 0 Å². The first-order valence-corrected chi connectivity index (χ1v) is 8.95. The SMILES string of the molecule is CCNC(=NCc1ccc(-n2cncn2)cc1)NCCc1ccc(F)cc1.I. The molecule has 8 heteroatoms. The number of guanidine groups is 1. The predicted octanol–water partition coefficient (Wildman–Crippen LogP) is 3.32. The molecule has 1 aromatic heterocycles. The Morgan fingerprint density at radius 1 is 1.04 bits per heavy atom. The molecule has 0 saturated carbocycles. The monoisotopic (exact) mass is 494 g/mol. The molecule has 0 saturated heterocycles. The highest BCUT2D eigenvalue weighted by atomic mass is 127. The molecule has 2 N–H and O–H groups in total. The molecule has 148 valence electrons. The predicted molar refractivity (Wildman–Crippen MR) is 120 cm³/mol. The molecule has 0 aliphatic carbocycles. The lowest BCUT2D eigenvalue weighted by Gasteiger charge is -2.11. The highest BCUT2D eigenvalue weighted by Gasteiger charge is 2.00. The van der Waals surface area contributed by atoms with Gasteiger partial charge in [0.15, 0.2) is 5.96 Å². The molecule has 3 rings (SSSR count). The Bertz CT molecular complexity index is 847. The number of rotatable bonds is 7. The van der Waals surface area contributed by atoms with E-state index in [1.807, 2.05) is 31.2 Å². The second-order valence-corrected chi connectivity index (χ2v) is 6.00. The Balaban J connectivity index is 0.00000280. The van der Waals surface area contributed by atoms with Crippen molar-refractivity contribution in [3.05, 3.63) is 78.1 Å². The van der Waals surface area contributed by atoms with Crippen molar-refractivity contribution in [2.45, 2.75) is 19.9 Å². The standard InChI is InChI=1S/C20H23FN6.HI/c1-2-23-20(24-12-11-16-3-7-18(21)8-4-16)25-13-17-5-9-19(10-6-17)27-15-22-14-26-27;/h3-10,14-15H,2,11-13H2,1H3,(H2,23,24,25);1H. The minimum atomic E-state index is -0.212. The summed E-state index contributed by atoms with van der Waals surface area (Å²) >= 11 is 0. The molecular weight excluding hydrogens is 470 g/mol. The van der Waals surface area contributed by atoms with Gasteiger partial charge in [0.2, 0.25) is 0 Å². The van der Waals surface area contributed by atoms with E-state index in [-0.39, 0.29) is 29.8 Å². The average molecular weight is 494 g/mol. The average Bonchev–Trinajstić information content (AvgIpc) is 3.23. The fourth-order valence-electron chi connectivity index (χ4n) is 2.58. The van der Waals surface area contributed by atoms with Gasteiger partial charge in [-0.1, -0.05) is 24.3 Å². The highest BCUT2D eigenvalue weighted by Crippen LogP contribution is 2.09. The van der Waals surface area contributed by atoms with Gasteiger partial charge in [0.05, 0.1) is 12.2 Å². The van der Waals surface area contributed by atoms with Gasteiger partial charge in [-0.05, 0) is 48.7 Å². The number of hydrogen-bond donors (Lipinski definition) is 2. The lowest BCUT2D eigenvalue weighted by atomic mass is 10.1. The van der Waals surface area contributed by atoms with Crippen molar-refractivity contribution in [1.29, 1.82) is 0 Å². The Labute approximate surface area is 181 Å². The number of aliphatic imine (C=N–C) groups is 1. The van der Waals surface area contributed by atoms with Gasteiger partial charge in [-0.15, -0.1) is 24.0 Å². The zero-order valence-electron chi connectivity index (χ0n) is 15.7. The van der Waals surface area contributed by atoms with E-state index in [0.717, 1.165) is 42.3 Å². The molecule has 0 fully saturated rings. The second kappa shape index (κ2) is 11.4. The van der Waals surface area contributed by atoms with Gasteiger partial charge in [-0.2, -0.15) is 5.10 Å². The van der Waals surface area contributed by atoms with Crippen molar-refractivity contribution in [2.24, 2.45) is 4.99 Å². The smallest absolute Gasteiger partial charge is 0.191 e. The van der Waals surface area contributed by atoms with Crippen LogP contribution in [0.4, 0.5) is 4.39 Å². The summed E-state index contributed by atoms with van der Waals surface area (Å²) in [7, 11) is 0. The van der Waals surface area contributed by atoms with Crippen LogP contribution in [0.25, 0.3) is 5.69 Å². The molecule has 0 unspecified atom stereocenters. The lowest BCUT2D eigenvalue weighted by Crippen LogP contribution is -2.38. The normalized spacial score (nSPS) is 11.0. The maximum atomic E-state index is 13.0. The number of hydrogen-bond acceptors (Lipinski definition) is 3. The number of nitrogens with zero attached hydrogens (tertiary/aromatic N) is 4.